The van der Waals surface area contributed by atoms with Gasteiger partial charge in [-0.2, -0.15) is 5.10 Å². The monoisotopic (exact) mass is 455 g/mol. The van der Waals surface area contributed by atoms with Gasteiger partial charge in [0.05, 0.1) is 27.7 Å². The summed E-state index contributed by atoms with van der Waals surface area (Å²) in [5, 5.41) is 7.34. The molecule has 4 rings (SSSR count). The first-order valence-corrected chi connectivity index (χ1v) is 10.2. The van der Waals surface area contributed by atoms with Crippen LogP contribution in [0.1, 0.15) is 43.6 Å². The van der Waals surface area contributed by atoms with Crippen LogP contribution in [0.2, 0.25) is 0 Å². The van der Waals surface area contributed by atoms with E-state index in [2.05, 4.69) is 25.9 Å². The van der Waals surface area contributed by atoms with Gasteiger partial charge in [-0.1, -0.05) is 13.0 Å². The summed E-state index contributed by atoms with van der Waals surface area (Å²) in [6, 6.07) is 6.12. The number of hydrogen-bond acceptors (Lipinski definition) is 5. The predicted molar refractivity (Wildman–Crippen MR) is 123 cm³/mol. The van der Waals surface area contributed by atoms with E-state index in [9.17, 15) is 4.79 Å². The van der Waals surface area contributed by atoms with Crippen LogP contribution in [-0.2, 0) is 0 Å². The van der Waals surface area contributed by atoms with E-state index in [1.807, 2.05) is 33.2 Å². The Morgan fingerprint density at radius 3 is 2.72 bits per heavy atom. The Morgan fingerprint density at radius 1 is 1.38 bits per heavy atom. The molecule has 29 heavy (non-hydrogen) atoms. The van der Waals surface area contributed by atoms with Crippen LogP contribution < -0.4 is 5.73 Å². The summed E-state index contributed by atoms with van der Waals surface area (Å²) >= 11 is 1.62. The third-order valence-corrected chi connectivity index (χ3v) is 6.29. The average Bonchev–Trinajstić information content (AvgIpc) is 3.39. The van der Waals surface area contributed by atoms with Crippen molar-refractivity contribution in [1.29, 1.82) is 0 Å². The highest BCUT2D eigenvalue weighted by molar-refractivity contribution is 7.13. The van der Waals surface area contributed by atoms with Gasteiger partial charge >= 0.3 is 0 Å². The van der Waals surface area contributed by atoms with Crippen molar-refractivity contribution in [2.75, 3.05) is 19.6 Å². The standard InChI is InChI=1S/C20H25N5OS.2ClH/c1-13(2)25-18-15(10-22-25)14(9-16(23-18)17-5-4-8-27-17)19(26)24-7-6-20(3,11-21)12-24;;/h4-5,8-10,13H,6-7,11-12,21H2,1-3H3;2*1H. The zero-order valence-electron chi connectivity index (χ0n) is 16.8. The van der Waals surface area contributed by atoms with Gasteiger partial charge in [0.15, 0.2) is 5.65 Å². The molecular weight excluding hydrogens is 429 g/mol. The van der Waals surface area contributed by atoms with Gasteiger partial charge in [-0.15, -0.1) is 36.2 Å². The molecule has 1 unspecified atom stereocenters. The smallest absolute Gasteiger partial charge is 0.254 e. The molecule has 0 saturated carbocycles. The van der Waals surface area contributed by atoms with Gasteiger partial charge in [0.25, 0.3) is 5.91 Å². The van der Waals surface area contributed by atoms with Gasteiger partial charge in [0.2, 0.25) is 0 Å². The van der Waals surface area contributed by atoms with Crippen molar-refractivity contribution >= 4 is 53.1 Å². The average molecular weight is 456 g/mol. The summed E-state index contributed by atoms with van der Waals surface area (Å²) in [6.45, 7) is 8.31. The number of nitrogens with two attached hydrogens (primary N) is 1. The molecule has 1 amide bonds. The molecule has 6 nitrogen and oxygen atoms in total. The number of nitrogens with zero attached hydrogens (tertiary/aromatic N) is 4. The van der Waals surface area contributed by atoms with Crippen LogP contribution in [0.5, 0.6) is 0 Å². The lowest BCUT2D eigenvalue weighted by atomic mass is 9.90. The highest BCUT2D eigenvalue weighted by Crippen LogP contribution is 2.33. The molecule has 0 radical (unpaired) electrons. The molecule has 0 spiro atoms. The number of rotatable bonds is 4. The van der Waals surface area contributed by atoms with Crippen LogP contribution in [0.4, 0.5) is 0 Å². The van der Waals surface area contributed by atoms with Crippen LogP contribution in [0.3, 0.4) is 0 Å². The van der Waals surface area contributed by atoms with E-state index >= 15 is 0 Å². The fourth-order valence-electron chi connectivity index (χ4n) is 3.66. The molecule has 158 valence electrons. The minimum atomic E-state index is 0. The van der Waals surface area contributed by atoms with Crippen LogP contribution in [0, 0.1) is 5.41 Å². The number of fused-ring (bicyclic) bond motifs is 1. The topological polar surface area (TPSA) is 77.0 Å². The number of amides is 1. The maximum atomic E-state index is 13.4. The number of likely N-dealkylation sites (tertiary alicyclic amines) is 1. The minimum Gasteiger partial charge on any atom is -0.338 e. The lowest BCUT2D eigenvalue weighted by molar-refractivity contribution is 0.0779. The molecule has 1 aliphatic heterocycles. The predicted octanol–water partition coefficient (Wildman–Crippen LogP) is 4.40. The summed E-state index contributed by atoms with van der Waals surface area (Å²) < 4.78 is 1.89. The van der Waals surface area contributed by atoms with E-state index < -0.39 is 0 Å². The molecule has 1 atom stereocenters. The van der Waals surface area contributed by atoms with Crippen LogP contribution in [0.25, 0.3) is 21.6 Å². The molecule has 3 aromatic rings. The van der Waals surface area contributed by atoms with E-state index in [1.54, 1.807) is 17.5 Å². The Hall–Kier alpha value is -1.67. The van der Waals surface area contributed by atoms with Crippen LogP contribution in [-0.4, -0.2) is 45.2 Å². The summed E-state index contributed by atoms with van der Waals surface area (Å²) in [6.07, 6.45) is 2.71. The molecule has 0 aromatic carbocycles. The van der Waals surface area contributed by atoms with Gasteiger partial charge in [-0.3, -0.25) is 4.79 Å². The van der Waals surface area contributed by atoms with Gasteiger partial charge in [0.1, 0.15) is 0 Å². The highest BCUT2D eigenvalue weighted by Gasteiger charge is 2.36. The molecule has 0 aliphatic carbocycles. The van der Waals surface area contributed by atoms with E-state index in [0.717, 1.165) is 34.6 Å². The normalized spacial score (nSPS) is 18.7. The van der Waals surface area contributed by atoms with Crippen molar-refractivity contribution < 1.29 is 4.79 Å². The molecule has 4 heterocycles. The fraction of sp³-hybridized carbons (Fsp3) is 0.450. The Labute approximate surface area is 187 Å². The van der Waals surface area contributed by atoms with Gasteiger partial charge in [-0.25, -0.2) is 9.67 Å². The summed E-state index contributed by atoms with van der Waals surface area (Å²) in [5.74, 6) is 0.0423. The number of hydrogen-bond donors (Lipinski definition) is 1. The van der Waals surface area contributed by atoms with E-state index in [-0.39, 0.29) is 42.2 Å². The second kappa shape index (κ2) is 9.00. The van der Waals surface area contributed by atoms with Crippen LogP contribution >= 0.6 is 36.2 Å². The number of carbonyl (C=O) groups excluding carboxylic acids is 1. The fourth-order valence-corrected chi connectivity index (χ4v) is 4.34. The van der Waals surface area contributed by atoms with Crippen molar-refractivity contribution in [1.82, 2.24) is 19.7 Å². The van der Waals surface area contributed by atoms with Gasteiger partial charge in [0, 0.05) is 19.1 Å². The number of aromatic nitrogens is 3. The van der Waals surface area contributed by atoms with Crippen molar-refractivity contribution in [2.45, 2.75) is 33.2 Å². The Morgan fingerprint density at radius 2 is 2.14 bits per heavy atom. The Kier molecular flexibility index (Phi) is 7.32. The molecule has 9 heteroatoms. The SMILES string of the molecule is CC(C)n1ncc2c(C(=O)N3CCC(C)(CN)C3)cc(-c3cccs3)nc21.Cl.Cl. The number of pyridine rings is 1. The second-order valence-electron chi connectivity index (χ2n) is 7.94. The van der Waals surface area contributed by atoms with Gasteiger partial charge < -0.3 is 10.6 Å². The summed E-state index contributed by atoms with van der Waals surface area (Å²) in [4.78, 5) is 21.2. The third kappa shape index (κ3) is 4.28. The maximum Gasteiger partial charge on any atom is 0.254 e. The third-order valence-electron chi connectivity index (χ3n) is 5.40. The summed E-state index contributed by atoms with van der Waals surface area (Å²) in [5.41, 5.74) is 8.19. The zero-order chi connectivity index (χ0) is 19.2. The number of thiophene rings is 1. The molecule has 1 fully saturated rings. The van der Waals surface area contributed by atoms with Crippen molar-refractivity contribution in [3.8, 4) is 10.6 Å². The lowest BCUT2D eigenvalue weighted by Gasteiger charge is -2.23. The summed E-state index contributed by atoms with van der Waals surface area (Å²) in [7, 11) is 0. The first-order valence-electron chi connectivity index (χ1n) is 9.33. The maximum absolute atomic E-state index is 13.4. The van der Waals surface area contributed by atoms with Crippen molar-refractivity contribution in [3.63, 3.8) is 0 Å². The molecular formula is C20H27Cl2N5OS. The van der Waals surface area contributed by atoms with Crippen LogP contribution in [0.15, 0.2) is 29.8 Å². The minimum absolute atomic E-state index is 0. The molecule has 1 saturated heterocycles. The van der Waals surface area contributed by atoms with Crippen molar-refractivity contribution in [2.24, 2.45) is 11.1 Å². The van der Waals surface area contributed by atoms with E-state index in [4.69, 9.17) is 10.7 Å². The Balaban J connectivity index is 0.00000150. The Bertz CT molecular complexity index is 988. The second-order valence-corrected chi connectivity index (χ2v) is 8.89. The van der Waals surface area contributed by atoms with Crippen molar-refractivity contribution in [3.05, 3.63) is 35.3 Å². The van der Waals surface area contributed by atoms with E-state index in [0.29, 0.717) is 18.7 Å². The molecule has 2 N–H and O–H groups in total. The molecule has 1 aliphatic rings. The first-order chi connectivity index (χ1) is 12.9. The first kappa shape index (κ1) is 23.6. The molecule has 0 bridgehead atoms. The zero-order valence-corrected chi connectivity index (χ0v) is 19.2. The van der Waals surface area contributed by atoms with Gasteiger partial charge in [-0.05, 0) is 49.7 Å². The largest absolute Gasteiger partial charge is 0.338 e. The number of carbonyl (C=O) groups is 1. The highest BCUT2D eigenvalue weighted by atomic mass is 35.5. The quantitative estimate of drug-likeness (QED) is 0.632. The molecule has 3 aromatic heterocycles. The van der Waals surface area contributed by atoms with E-state index in [1.165, 1.54) is 0 Å². The number of halogens is 2. The lowest BCUT2D eigenvalue weighted by Crippen LogP contribution is -2.34.